The van der Waals surface area contributed by atoms with Crippen molar-refractivity contribution in [3.05, 3.63) is 71.9 Å². The first-order chi connectivity index (χ1) is 16.7. The zero-order valence-corrected chi connectivity index (χ0v) is 20.6. The number of rotatable bonds is 4. The van der Waals surface area contributed by atoms with Crippen molar-refractivity contribution >= 4 is 18.8 Å². The third-order valence-electron chi connectivity index (χ3n) is 8.00. The molecule has 2 fully saturated rings. The molecule has 1 amide bonds. The molecular formula is C27H30BN3O4. The van der Waals surface area contributed by atoms with Gasteiger partial charge in [-0.25, -0.2) is 4.79 Å². The van der Waals surface area contributed by atoms with Gasteiger partial charge in [0.1, 0.15) is 6.61 Å². The molecule has 35 heavy (non-hydrogen) atoms. The fourth-order valence-corrected chi connectivity index (χ4v) is 5.22. The zero-order chi connectivity index (χ0) is 24.4. The molecule has 2 aromatic carbocycles. The van der Waals surface area contributed by atoms with Crippen molar-refractivity contribution in [1.29, 1.82) is 0 Å². The molecule has 0 N–H and O–H groups in total. The molecule has 2 saturated heterocycles. The van der Waals surface area contributed by atoms with Gasteiger partial charge in [0.05, 0.1) is 22.8 Å². The van der Waals surface area contributed by atoms with Gasteiger partial charge in [-0.05, 0) is 56.0 Å². The molecule has 0 radical (unpaired) electrons. The van der Waals surface area contributed by atoms with Gasteiger partial charge in [0, 0.05) is 25.2 Å². The van der Waals surface area contributed by atoms with Crippen LogP contribution in [0.4, 0.5) is 4.79 Å². The lowest BCUT2D eigenvalue weighted by molar-refractivity contribution is 0.00578. The summed E-state index contributed by atoms with van der Waals surface area (Å²) in [5, 5.41) is 4.51. The van der Waals surface area contributed by atoms with Crippen LogP contribution < -0.4 is 5.59 Å². The van der Waals surface area contributed by atoms with Gasteiger partial charge in [-0.15, -0.1) is 0 Å². The maximum Gasteiger partial charge on any atom is 0.514 e. The van der Waals surface area contributed by atoms with E-state index >= 15 is 0 Å². The minimum Gasteiger partial charge on any atom is -0.448 e. The van der Waals surface area contributed by atoms with Crippen molar-refractivity contribution in [2.75, 3.05) is 19.7 Å². The number of amides is 1. The van der Waals surface area contributed by atoms with E-state index < -0.39 is 18.3 Å². The predicted molar refractivity (Wildman–Crippen MR) is 134 cm³/mol. The standard InChI is InChI=1S/C27H30BN3O4/c1-26(2)27(3,4)35-28(34-26)24-13-14-29-31(24)18-15-30(16-18)25(32)33-17-23-21-11-7-5-9-19(21)20-10-6-8-12-22(20)23/h5-14,18,23H,15-17H2,1-4H3. The number of carbonyl (C=O) groups excluding carboxylic acids is 1. The number of aromatic nitrogens is 2. The quantitative estimate of drug-likeness (QED) is 0.539. The van der Waals surface area contributed by atoms with Crippen LogP contribution in [0.15, 0.2) is 60.8 Å². The summed E-state index contributed by atoms with van der Waals surface area (Å²) in [4.78, 5) is 14.6. The third-order valence-corrected chi connectivity index (χ3v) is 8.00. The number of benzene rings is 2. The number of fused-ring (bicyclic) bond motifs is 3. The molecule has 3 aromatic rings. The van der Waals surface area contributed by atoms with Crippen LogP contribution in [0.5, 0.6) is 0 Å². The van der Waals surface area contributed by atoms with E-state index in [0.29, 0.717) is 19.7 Å². The number of carbonyl (C=O) groups is 1. The molecule has 0 atom stereocenters. The second-order valence-electron chi connectivity index (χ2n) is 10.7. The van der Waals surface area contributed by atoms with E-state index in [9.17, 15) is 4.79 Å². The van der Waals surface area contributed by atoms with Gasteiger partial charge in [-0.1, -0.05) is 48.5 Å². The van der Waals surface area contributed by atoms with Crippen molar-refractivity contribution in [3.8, 4) is 11.1 Å². The van der Waals surface area contributed by atoms with Crippen molar-refractivity contribution in [2.45, 2.75) is 50.9 Å². The summed E-state index contributed by atoms with van der Waals surface area (Å²) in [5.74, 6) is 0.0597. The molecule has 7 nitrogen and oxygen atoms in total. The molecule has 0 spiro atoms. The van der Waals surface area contributed by atoms with Crippen LogP contribution in [-0.2, 0) is 14.0 Å². The minimum absolute atomic E-state index is 0.0597. The zero-order valence-electron chi connectivity index (χ0n) is 20.6. The summed E-state index contributed by atoms with van der Waals surface area (Å²) in [6.07, 6.45) is 1.48. The Balaban J connectivity index is 1.09. The largest absolute Gasteiger partial charge is 0.514 e. The average molecular weight is 471 g/mol. The molecular weight excluding hydrogens is 441 g/mol. The maximum absolute atomic E-state index is 12.9. The van der Waals surface area contributed by atoms with Gasteiger partial charge in [0.15, 0.2) is 0 Å². The van der Waals surface area contributed by atoms with E-state index in [2.05, 4.69) is 41.5 Å². The highest BCUT2D eigenvalue weighted by atomic mass is 16.7. The summed E-state index contributed by atoms with van der Waals surface area (Å²) in [6.45, 7) is 9.57. The molecule has 1 aromatic heterocycles. The monoisotopic (exact) mass is 471 g/mol. The lowest BCUT2D eigenvalue weighted by Gasteiger charge is -2.39. The summed E-state index contributed by atoms with van der Waals surface area (Å²) in [7, 11) is -0.481. The predicted octanol–water partition coefficient (Wildman–Crippen LogP) is 3.99. The third kappa shape index (κ3) is 3.58. The lowest BCUT2D eigenvalue weighted by atomic mass is 9.84. The molecule has 2 aliphatic heterocycles. The Hall–Kier alpha value is -3.10. The fraction of sp³-hybridized carbons (Fsp3) is 0.407. The second kappa shape index (κ2) is 7.97. The van der Waals surface area contributed by atoms with E-state index in [4.69, 9.17) is 14.0 Å². The van der Waals surface area contributed by atoms with Gasteiger partial charge >= 0.3 is 13.2 Å². The van der Waals surface area contributed by atoms with Crippen LogP contribution in [0.1, 0.15) is 50.8 Å². The SMILES string of the molecule is CC1(C)OB(c2ccnn2C2CN(C(=O)OCC3c4ccccc4-c4ccccc43)C2)OC1(C)C. The van der Waals surface area contributed by atoms with Crippen molar-refractivity contribution in [3.63, 3.8) is 0 Å². The normalized spacial score (nSPS) is 20.5. The van der Waals surface area contributed by atoms with E-state index in [0.717, 1.165) is 5.59 Å². The number of hydrogen-bond donors (Lipinski definition) is 0. The summed E-state index contributed by atoms with van der Waals surface area (Å²) in [6, 6.07) is 18.7. The highest BCUT2D eigenvalue weighted by Crippen LogP contribution is 2.44. The topological polar surface area (TPSA) is 65.8 Å². The molecule has 3 aliphatic rings. The molecule has 6 rings (SSSR count). The summed E-state index contributed by atoms with van der Waals surface area (Å²) >= 11 is 0. The van der Waals surface area contributed by atoms with Crippen LogP contribution in [0.2, 0.25) is 0 Å². The first-order valence-electron chi connectivity index (χ1n) is 12.2. The first-order valence-corrected chi connectivity index (χ1v) is 12.2. The highest BCUT2D eigenvalue weighted by Gasteiger charge is 2.53. The lowest BCUT2D eigenvalue weighted by Crippen LogP contribution is -2.55. The van der Waals surface area contributed by atoms with Crippen LogP contribution >= 0.6 is 0 Å². The Morgan fingerprint density at radius 2 is 1.54 bits per heavy atom. The molecule has 3 heterocycles. The Bertz CT molecular complexity index is 1220. The number of nitrogens with zero attached hydrogens (tertiary/aromatic N) is 3. The molecule has 1 aliphatic carbocycles. The van der Waals surface area contributed by atoms with Crippen LogP contribution in [0.3, 0.4) is 0 Å². The van der Waals surface area contributed by atoms with E-state index in [1.807, 2.05) is 50.6 Å². The second-order valence-corrected chi connectivity index (χ2v) is 10.7. The molecule has 0 saturated carbocycles. The van der Waals surface area contributed by atoms with E-state index in [-0.39, 0.29) is 18.1 Å². The van der Waals surface area contributed by atoms with E-state index in [1.54, 1.807) is 11.1 Å². The van der Waals surface area contributed by atoms with Gasteiger partial charge in [-0.3, -0.25) is 4.68 Å². The Labute approximate surface area is 206 Å². The summed E-state index contributed by atoms with van der Waals surface area (Å²) in [5.41, 5.74) is 4.92. The minimum atomic E-state index is -0.481. The average Bonchev–Trinajstić information content (AvgIpc) is 3.44. The molecule has 8 heteroatoms. The first kappa shape index (κ1) is 22.4. The Morgan fingerprint density at radius 3 is 2.14 bits per heavy atom. The van der Waals surface area contributed by atoms with E-state index in [1.165, 1.54) is 22.3 Å². The summed E-state index contributed by atoms with van der Waals surface area (Å²) < 4.78 is 20.1. The van der Waals surface area contributed by atoms with Crippen molar-refractivity contribution < 1.29 is 18.8 Å². The number of ether oxygens (including phenoxy) is 1. The Morgan fingerprint density at radius 1 is 0.971 bits per heavy atom. The number of hydrogen-bond acceptors (Lipinski definition) is 5. The van der Waals surface area contributed by atoms with Gasteiger partial charge in [0.25, 0.3) is 0 Å². The van der Waals surface area contributed by atoms with Gasteiger partial charge < -0.3 is 18.9 Å². The Kier molecular flexibility index (Phi) is 5.09. The molecule has 0 bridgehead atoms. The smallest absolute Gasteiger partial charge is 0.448 e. The maximum atomic E-state index is 12.9. The van der Waals surface area contributed by atoms with Crippen molar-refractivity contribution in [2.24, 2.45) is 0 Å². The van der Waals surface area contributed by atoms with Crippen LogP contribution in [0, 0.1) is 0 Å². The van der Waals surface area contributed by atoms with Crippen molar-refractivity contribution in [1.82, 2.24) is 14.7 Å². The molecule has 180 valence electrons. The van der Waals surface area contributed by atoms with Crippen LogP contribution in [-0.4, -0.2) is 58.8 Å². The van der Waals surface area contributed by atoms with Crippen LogP contribution in [0.25, 0.3) is 11.1 Å². The van der Waals surface area contributed by atoms with Gasteiger partial charge in [0.2, 0.25) is 0 Å². The highest BCUT2D eigenvalue weighted by molar-refractivity contribution is 6.61. The fourth-order valence-electron chi connectivity index (χ4n) is 5.22. The number of likely N-dealkylation sites (tertiary alicyclic amines) is 1. The molecule has 0 unspecified atom stereocenters. The van der Waals surface area contributed by atoms with Gasteiger partial charge in [-0.2, -0.15) is 5.10 Å².